The summed E-state index contributed by atoms with van der Waals surface area (Å²) in [5.41, 5.74) is -0.499. The summed E-state index contributed by atoms with van der Waals surface area (Å²) in [6.07, 6.45) is 11.8. The Morgan fingerprint density at radius 1 is 1.40 bits per heavy atom. The number of piperazine rings is 1. The van der Waals surface area contributed by atoms with E-state index in [1.165, 1.54) is 6.42 Å². The molecule has 0 bridgehead atoms. The molecule has 4 heteroatoms. The van der Waals surface area contributed by atoms with E-state index in [9.17, 15) is 4.79 Å². The normalized spacial score (nSPS) is 30.4. The standard InChI is InChI=1S/C16H27N3O/c1-3-4-7-14-8-5-6-9-16(14,15(20)17-2)19-12-10-18-11-13-19/h5-6,8-9,14,18H,3-4,7,10-13H2,1-2H3,(H,17,20). The SMILES string of the molecule is CCCCC1C=CC=CC1(C(=O)NC)N1CCNCC1. The van der Waals surface area contributed by atoms with Crippen molar-refractivity contribution in [2.45, 2.75) is 31.7 Å². The number of rotatable bonds is 5. The van der Waals surface area contributed by atoms with Crippen LogP contribution in [0.25, 0.3) is 0 Å². The summed E-state index contributed by atoms with van der Waals surface area (Å²) < 4.78 is 0. The first-order valence-electron chi connectivity index (χ1n) is 7.79. The van der Waals surface area contributed by atoms with Gasteiger partial charge in [0.05, 0.1) is 0 Å². The maximum atomic E-state index is 12.7. The largest absolute Gasteiger partial charge is 0.357 e. The van der Waals surface area contributed by atoms with Crippen molar-refractivity contribution in [3.63, 3.8) is 0 Å². The molecule has 2 aliphatic rings. The zero-order chi connectivity index (χ0) is 14.4. The van der Waals surface area contributed by atoms with E-state index < -0.39 is 5.54 Å². The van der Waals surface area contributed by atoms with Gasteiger partial charge in [0.25, 0.3) is 0 Å². The van der Waals surface area contributed by atoms with Gasteiger partial charge in [-0.3, -0.25) is 9.69 Å². The fourth-order valence-electron chi connectivity index (χ4n) is 3.37. The molecule has 2 rings (SSSR count). The molecule has 2 N–H and O–H groups in total. The van der Waals surface area contributed by atoms with Gasteiger partial charge in [-0.1, -0.05) is 44.1 Å². The Hall–Kier alpha value is -1.13. The molecule has 1 amide bonds. The van der Waals surface area contributed by atoms with Crippen LogP contribution in [0.2, 0.25) is 0 Å². The minimum absolute atomic E-state index is 0.126. The number of nitrogens with zero attached hydrogens (tertiary/aromatic N) is 1. The first-order chi connectivity index (χ1) is 9.75. The van der Waals surface area contributed by atoms with Crippen molar-refractivity contribution >= 4 is 5.91 Å². The van der Waals surface area contributed by atoms with Crippen LogP contribution in [0.1, 0.15) is 26.2 Å². The van der Waals surface area contributed by atoms with Crippen molar-refractivity contribution in [3.05, 3.63) is 24.3 Å². The molecule has 1 aliphatic carbocycles. The van der Waals surface area contributed by atoms with Gasteiger partial charge in [-0.15, -0.1) is 0 Å². The highest BCUT2D eigenvalue weighted by Gasteiger charge is 2.47. The summed E-state index contributed by atoms with van der Waals surface area (Å²) in [5, 5.41) is 6.26. The number of nitrogens with one attached hydrogen (secondary N) is 2. The summed E-state index contributed by atoms with van der Waals surface area (Å²) in [7, 11) is 1.75. The molecule has 0 aromatic heterocycles. The van der Waals surface area contributed by atoms with Gasteiger partial charge in [0.1, 0.15) is 5.54 Å². The van der Waals surface area contributed by atoms with Crippen molar-refractivity contribution < 1.29 is 4.79 Å². The Morgan fingerprint density at radius 2 is 2.15 bits per heavy atom. The van der Waals surface area contributed by atoms with Crippen molar-refractivity contribution in [1.29, 1.82) is 0 Å². The molecule has 20 heavy (non-hydrogen) atoms. The number of likely N-dealkylation sites (N-methyl/N-ethyl adjacent to an activating group) is 1. The molecule has 1 saturated heterocycles. The van der Waals surface area contributed by atoms with Crippen LogP contribution in [0, 0.1) is 5.92 Å². The topological polar surface area (TPSA) is 44.4 Å². The highest BCUT2D eigenvalue weighted by atomic mass is 16.2. The van der Waals surface area contributed by atoms with Crippen molar-refractivity contribution in [2.75, 3.05) is 33.2 Å². The molecule has 112 valence electrons. The van der Waals surface area contributed by atoms with E-state index in [4.69, 9.17) is 0 Å². The average Bonchev–Trinajstić information content (AvgIpc) is 2.53. The lowest BCUT2D eigenvalue weighted by molar-refractivity contribution is -0.133. The predicted molar refractivity (Wildman–Crippen MR) is 82.5 cm³/mol. The molecule has 1 fully saturated rings. The monoisotopic (exact) mass is 277 g/mol. The van der Waals surface area contributed by atoms with Crippen LogP contribution in [0.5, 0.6) is 0 Å². The fraction of sp³-hybridized carbons (Fsp3) is 0.688. The molecular weight excluding hydrogens is 250 g/mol. The van der Waals surface area contributed by atoms with Crippen LogP contribution in [-0.2, 0) is 4.79 Å². The zero-order valence-electron chi connectivity index (χ0n) is 12.7. The Kier molecular flexibility index (Phi) is 5.38. The molecule has 4 nitrogen and oxygen atoms in total. The van der Waals surface area contributed by atoms with E-state index in [0.29, 0.717) is 0 Å². The molecule has 1 heterocycles. The van der Waals surface area contributed by atoms with Crippen LogP contribution in [0.15, 0.2) is 24.3 Å². The van der Waals surface area contributed by atoms with Crippen molar-refractivity contribution in [3.8, 4) is 0 Å². The quantitative estimate of drug-likeness (QED) is 0.796. The lowest BCUT2D eigenvalue weighted by atomic mass is 9.75. The molecule has 2 atom stereocenters. The number of hydrogen-bond donors (Lipinski definition) is 2. The van der Waals surface area contributed by atoms with Crippen LogP contribution in [-0.4, -0.2) is 49.6 Å². The van der Waals surface area contributed by atoms with Gasteiger partial charge in [0, 0.05) is 39.1 Å². The lowest BCUT2D eigenvalue weighted by Gasteiger charge is -2.47. The van der Waals surface area contributed by atoms with Crippen molar-refractivity contribution in [1.82, 2.24) is 15.5 Å². The minimum Gasteiger partial charge on any atom is -0.357 e. The summed E-state index contributed by atoms with van der Waals surface area (Å²) in [6.45, 7) is 5.96. The van der Waals surface area contributed by atoms with Gasteiger partial charge in [0.2, 0.25) is 5.91 Å². The zero-order valence-corrected chi connectivity index (χ0v) is 12.7. The van der Waals surface area contributed by atoms with E-state index in [2.05, 4.69) is 40.7 Å². The van der Waals surface area contributed by atoms with Gasteiger partial charge < -0.3 is 10.6 Å². The van der Waals surface area contributed by atoms with Gasteiger partial charge in [-0.05, 0) is 6.42 Å². The lowest BCUT2D eigenvalue weighted by Crippen LogP contribution is -2.65. The van der Waals surface area contributed by atoms with Crippen LogP contribution in [0.4, 0.5) is 0 Å². The number of amides is 1. The molecular formula is C16H27N3O. The molecule has 0 radical (unpaired) electrons. The predicted octanol–water partition coefficient (Wildman–Crippen LogP) is 1.31. The highest BCUT2D eigenvalue weighted by Crippen LogP contribution is 2.35. The third-order valence-electron chi connectivity index (χ3n) is 4.47. The number of hydrogen-bond acceptors (Lipinski definition) is 3. The number of unbranched alkanes of at least 4 members (excludes halogenated alkanes) is 1. The van der Waals surface area contributed by atoms with E-state index in [1.807, 2.05) is 6.08 Å². The maximum Gasteiger partial charge on any atom is 0.244 e. The van der Waals surface area contributed by atoms with Crippen LogP contribution in [0.3, 0.4) is 0 Å². The number of carbonyl (C=O) groups is 1. The smallest absolute Gasteiger partial charge is 0.244 e. The third kappa shape index (κ3) is 2.81. The summed E-state index contributed by atoms with van der Waals surface area (Å²) in [4.78, 5) is 15.1. The second kappa shape index (κ2) is 7.04. The van der Waals surface area contributed by atoms with Crippen LogP contribution >= 0.6 is 0 Å². The van der Waals surface area contributed by atoms with Gasteiger partial charge in [-0.25, -0.2) is 0 Å². The first kappa shape index (κ1) is 15.3. The Bertz CT molecular complexity index is 385. The minimum atomic E-state index is -0.499. The summed E-state index contributed by atoms with van der Waals surface area (Å²) >= 11 is 0. The molecule has 0 aromatic rings. The molecule has 0 spiro atoms. The molecule has 0 aromatic carbocycles. The number of allylic oxidation sites excluding steroid dienone is 2. The summed E-state index contributed by atoms with van der Waals surface area (Å²) in [5.74, 6) is 0.395. The average molecular weight is 277 g/mol. The van der Waals surface area contributed by atoms with Crippen molar-refractivity contribution in [2.24, 2.45) is 5.92 Å². The summed E-state index contributed by atoms with van der Waals surface area (Å²) in [6, 6.07) is 0. The van der Waals surface area contributed by atoms with Gasteiger partial charge >= 0.3 is 0 Å². The third-order valence-corrected chi connectivity index (χ3v) is 4.47. The van der Waals surface area contributed by atoms with E-state index >= 15 is 0 Å². The van der Waals surface area contributed by atoms with E-state index in [1.54, 1.807) is 7.05 Å². The second-order valence-electron chi connectivity index (χ2n) is 5.63. The van der Waals surface area contributed by atoms with E-state index in [0.717, 1.165) is 39.0 Å². The molecule has 1 aliphatic heterocycles. The Labute approximate surface area is 122 Å². The van der Waals surface area contributed by atoms with Gasteiger partial charge in [-0.2, -0.15) is 0 Å². The maximum absolute atomic E-state index is 12.7. The Morgan fingerprint density at radius 3 is 2.80 bits per heavy atom. The molecule has 2 unspecified atom stereocenters. The van der Waals surface area contributed by atoms with Crippen LogP contribution < -0.4 is 10.6 Å². The highest BCUT2D eigenvalue weighted by molar-refractivity contribution is 5.89. The molecule has 0 saturated carbocycles. The fourth-order valence-corrected chi connectivity index (χ4v) is 3.37. The first-order valence-corrected chi connectivity index (χ1v) is 7.79. The Balaban J connectivity index is 2.30. The van der Waals surface area contributed by atoms with E-state index in [-0.39, 0.29) is 11.8 Å². The second-order valence-corrected chi connectivity index (χ2v) is 5.63. The van der Waals surface area contributed by atoms with Gasteiger partial charge in [0.15, 0.2) is 0 Å². The number of carbonyl (C=O) groups excluding carboxylic acids is 1.